The lowest BCUT2D eigenvalue weighted by Gasteiger charge is -2.12. The van der Waals surface area contributed by atoms with E-state index in [-0.39, 0.29) is 24.0 Å². The molecule has 1 amide bonds. The first-order chi connectivity index (χ1) is 11.0. The lowest BCUT2D eigenvalue weighted by atomic mass is 10.1. The van der Waals surface area contributed by atoms with Gasteiger partial charge in [0, 0.05) is 6.42 Å². The van der Waals surface area contributed by atoms with E-state index in [1.165, 1.54) is 10.9 Å². The Bertz CT molecular complexity index is 678. The lowest BCUT2D eigenvalue weighted by Crippen LogP contribution is -2.19. The van der Waals surface area contributed by atoms with Crippen molar-refractivity contribution in [3.63, 3.8) is 0 Å². The highest BCUT2D eigenvalue weighted by atomic mass is 16.5. The van der Waals surface area contributed by atoms with Crippen molar-refractivity contribution < 1.29 is 14.3 Å². The molecular formula is C17H21N3O3. The fraction of sp³-hybridized carbons (Fsp3) is 0.353. The van der Waals surface area contributed by atoms with Crippen LogP contribution in [0.15, 0.2) is 36.5 Å². The van der Waals surface area contributed by atoms with Crippen LogP contribution in [0.2, 0.25) is 0 Å². The van der Waals surface area contributed by atoms with E-state index in [0.29, 0.717) is 12.2 Å². The molecule has 0 spiro atoms. The van der Waals surface area contributed by atoms with Crippen LogP contribution in [0.5, 0.6) is 0 Å². The molecule has 1 N–H and O–H groups in total. The summed E-state index contributed by atoms with van der Waals surface area (Å²) in [5, 5.41) is 7.01. The minimum absolute atomic E-state index is 0.164. The van der Waals surface area contributed by atoms with Gasteiger partial charge in [-0.1, -0.05) is 32.0 Å². The fourth-order valence-electron chi connectivity index (χ4n) is 2.15. The van der Waals surface area contributed by atoms with Crippen molar-refractivity contribution in [2.75, 3.05) is 11.9 Å². The molecule has 1 heterocycles. The molecule has 6 heteroatoms. The third-order valence-electron chi connectivity index (χ3n) is 3.12. The number of ether oxygens (including phenoxy) is 1. The third kappa shape index (κ3) is 4.18. The Morgan fingerprint density at radius 2 is 1.96 bits per heavy atom. The molecule has 6 nitrogen and oxygen atoms in total. The zero-order chi connectivity index (χ0) is 16.8. The number of carbonyl (C=O) groups is 2. The molecule has 2 rings (SSSR count). The Balaban J connectivity index is 2.39. The normalized spacial score (nSPS) is 10.6. The Hall–Kier alpha value is -2.63. The molecule has 2 aromatic rings. The van der Waals surface area contributed by atoms with Crippen molar-refractivity contribution in [1.82, 2.24) is 9.78 Å². The maximum Gasteiger partial charge on any atom is 0.343 e. The third-order valence-corrected chi connectivity index (χ3v) is 3.12. The predicted octanol–water partition coefficient (Wildman–Crippen LogP) is 3.03. The summed E-state index contributed by atoms with van der Waals surface area (Å²) >= 11 is 0. The fourth-order valence-corrected chi connectivity index (χ4v) is 2.15. The van der Waals surface area contributed by atoms with Crippen LogP contribution in [0, 0.1) is 5.92 Å². The number of amides is 1. The first kappa shape index (κ1) is 16.7. The molecular weight excluding hydrogens is 294 g/mol. The Morgan fingerprint density at radius 3 is 2.57 bits per heavy atom. The van der Waals surface area contributed by atoms with Gasteiger partial charge in [0.05, 0.1) is 18.5 Å². The second kappa shape index (κ2) is 7.58. The van der Waals surface area contributed by atoms with Gasteiger partial charge in [0.2, 0.25) is 5.91 Å². The van der Waals surface area contributed by atoms with Gasteiger partial charge in [-0.25, -0.2) is 9.48 Å². The zero-order valence-corrected chi connectivity index (χ0v) is 13.6. The monoisotopic (exact) mass is 315 g/mol. The quantitative estimate of drug-likeness (QED) is 0.832. The molecule has 0 saturated carbocycles. The maximum absolute atomic E-state index is 12.1. The highest BCUT2D eigenvalue weighted by Gasteiger charge is 2.21. The number of benzene rings is 1. The van der Waals surface area contributed by atoms with E-state index in [2.05, 4.69) is 10.4 Å². The summed E-state index contributed by atoms with van der Waals surface area (Å²) < 4.78 is 6.57. The molecule has 0 aliphatic carbocycles. The summed E-state index contributed by atoms with van der Waals surface area (Å²) in [6.07, 6.45) is 1.78. The number of aromatic nitrogens is 2. The van der Waals surface area contributed by atoms with Crippen LogP contribution in [-0.4, -0.2) is 28.3 Å². The topological polar surface area (TPSA) is 73.2 Å². The SMILES string of the molecule is CCOC(=O)c1cnn(-c2ccccc2)c1NC(=O)CC(C)C. The zero-order valence-electron chi connectivity index (χ0n) is 13.6. The molecule has 0 atom stereocenters. The maximum atomic E-state index is 12.1. The van der Waals surface area contributed by atoms with Gasteiger partial charge < -0.3 is 10.1 Å². The van der Waals surface area contributed by atoms with Crippen LogP contribution >= 0.6 is 0 Å². The summed E-state index contributed by atoms with van der Waals surface area (Å²) in [6, 6.07) is 9.30. The van der Waals surface area contributed by atoms with Gasteiger partial charge in [0.25, 0.3) is 0 Å². The summed E-state index contributed by atoms with van der Waals surface area (Å²) in [5.41, 5.74) is 0.996. The lowest BCUT2D eigenvalue weighted by molar-refractivity contribution is -0.116. The van der Waals surface area contributed by atoms with E-state index in [4.69, 9.17) is 4.74 Å². The predicted molar refractivity (Wildman–Crippen MR) is 87.6 cm³/mol. The Labute approximate surface area is 135 Å². The summed E-state index contributed by atoms with van der Waals surface area (Å²) in [6.45, 7) is 5.91. The average Bonchev–Trinajstić information content (AvgIpc) is 2.91. The van der Waals surface area contributed by atoms with E-state index in [1.807, 2.05) is 44.2 Å². The van der Waals surface area contributed by atoms with Crippen molar-refractivity contribution in [3.8, 4) is 5.69 Å². The molecule has 0 bridgehead atoms. The molecule has 1 aromatic heterocycles. The summed E-state index contributed by atoms with van der Waals surface area (Å²) in [7, 11) is 0. The number of rotatable bonds is 6. The summed E-state index contributed by atoms with van der Waals surface area (Å²) in [4.78, 5) is 24.2. The van der Waals surface area contributed by atoms with E-state index >= 15 is 0 Å². The van der Waals surface area contributed by atoms with Gasteiger partial charge in [-0.05, 0) is 25.0 Å². The van der Waals surface area contributed by atoms with Crippen LogP contribution in [0.1, 0.15) is 37.6 Å². The molecule has 0 unspecified atom stereocenters. The van der Waals surface area contributed by atoms with Crippen molar-refractivity contribution in [2.24, 2.45) is 5.92 Å². The molecule has 0 aliphatic heterocycles. The number of nitrogens with zero attached hydrogens (tertiary/aromatic N) is 2. The molecule has 0 saturated heterocycles. The molecule has 0 radical (unpaired) electrons. The standard InChI is InChI=1S/C17H21N3O3/c1-4-23-17(22)14-11-18-20(13-8-6-5-7-9-13)16(14)19-15(21)10-12(2)3/h5-9,11-12H,4,10H2,1-3H3,(H,19,21). The Morgan fingerprint density at radius 1 is 1.26 bits per heavy atom. The molecule has 122 valence electrons. The van der Waals surface area contributed by atoms with E-state index in [9.17, 15) is 9.59 Å². The van der Waals surface area contributed by atoms with E-state index in [1.54, 1.807) is 6.92 Å². The average molecular weight is 315 g/mol. The minimum Gasteiger partial charge on any atom is -0.462 e. The van der Waals surface area contributed by atoms with Crippen molar-refractivity contribution in [2.45, 2.75) is 27.2 Å². The van der Waals surface area contributed by atoms with Crippen LogP contribution in [0.4, 0.5) is 5.82 Å². The molecule has 0 fully saturated rings. The first-order valence-electron chi connectivity index (χ1n) is 7.63. The van der Waals surface area contributed by atoms with E-state index < -0.39 is 5.97 Å². The Kier molecular flexibility index (Phi) is 5.51. The molecule has 1 aromatic carbocycles. The van der Waals surface area contributed by atoms with Crippen molar-refractivity contribution >= 4 is 17.7 Å². The summed E-state index contributed by atoms with van der Waals surface area (Å²) in [5.74, 6) is -0.118. The minimum atomic E-state index is -0.505. The van der Waals surface area contributed by atoms with Crippen molar-refractivity contribution in [1.29, 1.82) is 0 Å². The van der Waals surface area contributed by atoms with Gasteiger partial charge in [0.1, 0.15) is 5.56 Å². The van der Waals surface area contributed by atoms with Gasteiger partial charge in [-0.2, -0.15) is 5.10 Å². The number of para-hydroxylation sites is 1. The number of hydrogen-bond donors (Lipinski definition) is 1. The van der Waals surface area contributed by atoms with Gasteiger partial charge in [-0.15, -0.1) is 0 Å². The van der Waals surface area contributed by atoms with Gasteiger partial charge in [-0.3, -0.25) is 4.79 Å². The number of anilines is 1. The highest BCUT2D eigenvalue weighted by Crippen LogP contribution is 2.21. The highest BCUT2D eigenvalue weighted by molar-refractivity contribution is 6.00. The van der Waals surface area contributed by atoms with Crippen molar-refractivity contribution in [3.05, 3.63) is 42.1 Å². The van der Waals surface area contributed by atoms with Gasteiger partial charge >= 0.3 is 5.97 Å². The number of carbonyl (C=O) groups excluding carboxylic acids is 2. The van der Waals surface area contributed by atoms with Gasteiger partial charge in [0.15, 0.2) is 5.82 Å². The molecule has 23 heavy (non-hydrogen) atoms. The van der Waals surface area contributed by atoms with Crippen LogP contribution in [-0.2, 0) is 9.53 Å². The number of hydrogen-bond acceptors (Lipinski definition) is 4. The second-order valence-corrected chi connectivity index (χ2v) is 5.52. The van der Waals surface area contributed by atoms with Crippen LogP contribution < -0.4 is 5.32 Å². The number of nitrogens with one attached hydrogen (secondary N) is 1. The smallest absolute Gasteiger partial charge is 0.343 e. The number of esters is 1. The van der Waals surface area contributed by atoms with Crippen LogP contribution in [0.25, 0.3) is 5.69 Å². The first-order valence-corrected chi connectivity index (χ1v) is 7.63. The van der Waals surface area contributed by atoms with Crippen LogP contribution in [0.3, 0.4) is 0 Å². The second-order valence-electron chi connectivity index (χ2n) is 5.52. The largest absolute Gasteiger partial charge is 0.462 e. The van der Waals surface area contributed by atoms with E-state index in [0.717, 1.165) is 5.69 Å². The molecule has 0 aliphatic rings.